The van der Waals surface area contributed by atoms with Crippen LogP contribution in [-0.2, 0) is 5.41 Å². The second-order valence-electron chi connectivity index (χ2n) is 17.3. The predicted molar refractivity (Wildman–Crippen MR) is 219 cm³/mol. The van der Waals surface area contributed by atoms with Crippen molar-refractivity contribution in [2.75, 3.05) is 0 Å². The van der Waals surface area contributed by atoms with Crippen LogP contribution in [0.4, 0.5) is 0 Å². The summed E-state index contributed by atoms with van der Waals surface area (Å²) in [4.78, 5) is 5.08. The fraction of sp³-hybridized carbons (Fsp3) is 0.510. The molecule has 264 valence electrons. The molecule has 8 aliphatic rings. The zero-order chi connectivity index (χ0) is 33.8. The van der Waals surface area contributed by atoms with E-state index in [1.54, 1.807) is 42.6 Å². The van der Waals surface area contributed by atoms with E-state index in [-0.39, 0.29) is 5.41 Å². The Morgan fingerprint density at radius 3 is 2.49 bits per heavy atom. The van der Waals surface area contributed by atoms with E-state index >= 15 is 0 Å². The Hall–Kier alpha value is -2.42. The number of hydrogen-bond donors (Lipinski definition) is 0. The molecule has 1 saturated heterocycles. The van der Waals surface area contributed by atoms with Gasteiger partial charge in [-0.3, -0.25) is 0 Å². The molecule has 2 fully saturated rings. The van der Waals surface area contributed by atoms with Gasteiger partial charge in [0.15, 0.2) is 0 Å². The fourth-order valence-corrected chi connectivity index (χ4v) is 15.3. The van der Waals surface area contributed by atoms with E-state index < -0.39 is 0 Å². The molecule has 2 aromatic rings. The van der Waals surface area contributed by atoms with Crippen LogP contribution in [0.1, 0.15) is 138 Å². The highest BCUT2D eigenvalue weighted by Crippen LogP contribution is 2.69. The van der Waals surface area contributed by atoms with Crippen LogP contribution in [0.3, 0.4) is 0 Å². The van der Waals surface area contributed by atoms with Crippen molar-refractivity contribution in [3.63, 3.8) is 0 Å². The average Bonchev–Trinajstić information content (AvgIpc) is 3.21. The summed E-state index contributed by atoms with van der Waals surface area (Å²) in [5, 5.41) is 0.533. The maximum absolute atomic E-state index is 2.82. The maximum atomic E-state index is 2.82. The monoisotopic (exact) mass is 708 g/mol. The van der Waals surface area contributed by atoms with Gasteiger partial charge in [0.05, 0.1) is 0 Å². The molecule has 1 spiro atoms. The molecule has 0 amide bonds. The molecule has 0 bridgehead atoms. The maximum Gasteiger partial charge on any atom is 0.0337 e. The molecule has 10 rings (SSSR count). The van der Waals surface area contributed by atoms with Crippen LogP contribution in [0.2, 0.25) is 0 Å². The molecular weight excluding hydrogens is 653 g/mol. The van der Waals surface area contributed by atoms with Crippen molar-refractivity contribution in [2.24, 2.45) is 23.7 Å². The number of hydrogen-bond acceptors (Lipinski definition) is 2. The van der Waals surface area contributed by atoms with Crippen LogP contribution in [0.5, 0.6) is 0 Å². The van der Waals surface area contributed by atoms with Crippen molar-refractivity contribution in [1.29, 1.82) is 0 Å². The smallest absolute Gasteiger partial charge is 0.0337 e. The lowest BCUT2D eigenvalue weighted by molar-refractivity contribution is 0.196. The van der Waals surface area contributed by atoms with Crippen LogP contribution in [0.15, 0.2) is 122 Å². The first-order chi connectivity index (χ1) is 25.3. The topological polar surface area (TPSA) is 0 Å². The number of thioether (sulfide) groups is 2. The molecule has 6 aliphatic carbocycles. The minimum absolute atomic E-state index is 0.0569. The third-order valence-corrected chi connectivity index (χ3v) is 17.3. The van der Waals surface area contributed by atoms with Crippen LogP contribution in [0, 0.1) is 23.7 Å². The Balaban J connectivity index is 1.14. The molecule has 0 radical (unpaired) electrons. The minimum Gasteiger partial charge on any atom is -0.123 e. The summed E-state index contributed by atoms with van der Waals surface area (Å²) in [6, 6.07) is 19.5. The Morgan fingerprint density at radius 1 is 0.725 bits per heavy atom. The summed E-state index contributed by atoms with van der Waals surface area (Å²) in [5.74, 6) is 3.99. The zero-order valence-corrected chi connectivity index (χ0v) is 32.2. The molecule has 0 nitrogen and oxygen atoms in total. The second-order valence-corrected chi connectivity index (χ2v) is 19.7. The highest BCUT2D eigenvalue weighted by Gasteiger charge is 2.60. The molecule has 2 heterocycles. The van der Waals surface area contributed by atoms with E-state index in [4.69, 9.17) is 0 Å². The van der Waals surface area contributed by atoms with Crippen LogP contribution >= 0.6 is 23.5 Å². The van der Waals surface area contributed by atoms with E-state index in [0.29, 0.717) is 28.9 Å². The number of allylic oxidation sites excluding steroid dienone is 11. The SMILES string of the molecule is C1=CCC(c2ccc3c(c2)SC2=C(C=CC(C4CCCCC4)C2)C32C3CCC(c4ccccc4)C=C3SC3C=C(C4=CCCCC4)CCC32)CC1. The molecule has 2 aliphatic heterocycles. The van der Waals surface area contributed by atoms with Gasteiger partial charge in [0.1, 0.15) is 0 Å². The number of fused-ring (bicyclic) bond motifs is 7. The molecule has 2 aromatic carbocycles. The van der Waals surface area contributed by atoms with E-state index in [2.05, 4.69) is 115 Å². The van der Waals surface area contributed by atoms with Gasteiger partial charge in [0.25, 0.3) is 0 Å². The van der Waals surface area contributed by atoms with Crippen molar-refractivity contribution in [1.82, 2.24) is 0 Å². The van der Waals surface area contributed by atoms with Crippen molar-refractivity contribution >= 4 is 23.5 Å². The van der Waals surface area contributed by atoms with Gasteiger partial charge in [-0.2, -0.15) is 0 Å². The summed E-state index contributed by atoms with van der Waals surface area (Å²) in [7, 11) is 0. The molecule has 7 unspecified atom stereocenters. The van der Waals surface area contributed by atoms with Crippen molar-refractivity contribution in [3.05, 3.63) is 134 Å². The van der Waals surface area contributed by atoms with Gasteiger partial charge in [0.2, 0.25) is 0 Å². The average molecular weight is 709 g/mol. The number of rotatable bonds is 4. The normalized spacial score (nSPS) is 34.9. The first-order valence-electron chi connectivity index (χ1n) is 21.0. The van der Waals surface area contributed by atoms with Crippen molar-refractivity contribution in [2.45, 2.75) is 137 Å². The largest absolute Gasteiger partial charge is 0.123 e. The summed E-state index contributed by atoms with van der Waals surface area (Å²) >= 11 is 4.51. The van der Waals surface area contributed by atoms with Gasteiger partial charge < -0.3 is 0 Å². The third-order valence-electron chi connectivity index (χ3n) is 14.7. The second kappa shape index (κ2) is 14.1. The first-order valence-corrected chi connectivity index (χ1v) is 22.7. The molecule has 2 heteroatoms. The Morgan fingerprint density at radius 2 is 1.65 bits per heavy atom. The molecule has 0 aromatic heterocycles. The molecule has 0 N–H and O–H groups in total. The van der Waals surface area contributed by atoms with E-state index in [0.717, 1.165) is 11.8 Å². The standard InChI is InChI=1S/C49H56S2/c1-5-13-33(14-6-1)37-21-25-41-45(29-37)50-46-30-38(34-15-7-2-8-16-34)22-26-42(46)49(41)43-27-23-39(35-17-9-3-10-18-35)31-47(43)51-48-32-40(24-28-44(48)49)36-19-11-4-12-20-36/h1,3,5-6,9,13-15,23-24,27-31,35-37,40-42,46H,2,4,7-8,10-12,16-22,25-26,32H2. The van der Waals surface area contributed by atoms with Gasteiger partial charge in [0, 0.05) is 27.4 Å². The molecule has 7 atom stereocenters. The van der Waals surface area contributed by atoms with Crippen LogP contribution in [-0.4, -0.2) is 5.25 Å². The third kappa shape index (κ3) is 5.89. The first kappa shape index (κ1) is 33.2. The molecule has 51 heavy (non-hydrogen) atoms. The van der Waals surface area contributed by atoms with Gasteiger partial charge in [-0.15, -0.1) is 11.8 Å². The molecular formula is C49H56S2. The van der Waals surface area contributed by atoms with E-state index in [1.807, 2.05) is 0 Å². The van der Waals surface area contributed by atoms with Crippen molar-refractivity contribution in [3.8, 4) is 0 Å². The predicted octanol–water partition coefficient (Wildman–Crippen LogP) is 14.3. The van der Waals surface area contributed by atoms with Gasteiger partial charge in [-0.05, 0) is 163 Å². The number of benzene rings is 2. The Kier molecular flexibility index (Phi) is 9.17. The lowest BCUT2D eigenvalue weighted by Gasteiger charge is -2.59. The zero-order valence-electron chi connectivity index (χ0n) is 30.5. The fourth-order valence-electron chi connectivity index (χ4n) is 12.1. The summed E-state index contributed by atoms with van der Waals surface area (Å²) in [6.07, 6.45) is 41.2. The Labute approximate surface area is 316 Å². The van der Waals surface area contributed by atoms with Crippen LogP contribution in [0.25, 0.3) is 0 Å². The lowest BCUT2D eigenvalue weighted by Crippen LogP contribution is -2.54. The lowest BCUT2D eigenvalue weighted by atomic mass is 9.52. The van der Waals surface area contributed by atoms with Gasteiger partial charge in [-0.25, -0.2) is 0 Å². The van der Waals surface area contributed by atoms with E-state index in [9.17, 15) is 0 Å². The highest BCUT2D eigenvalue weighted by atomic mass is 32.2. The van der Waals surface area contributed by atoms with Gasteiger partial charge >= 0.3 is 0 Å². The van der Waals surface area contributed by atoms with Gasteiger partial charge in [-0.1, -0.05) is 116 Å². The summed E-state index contributed by atoms with van der Waals surface area (Å²) in [5.41, 5.74) is 9.99. The quantitative estimate of drug-likeness (QED) is 0.290. The van der Waals surface area contributed by atoms with Crippen molar-refractivity contribution < 1.29 is 0 Å². The summed E-state index contributed by atoms with van der Waals surface area (Å²) in [6.45, 7) is 0. The summed E-state index contributed by atoms with van der Waals surface area (Å²) < 4.78 is 0. The van der Waals surface area contributed by atoms with E-state index in [1.165, 1.54) is 115 Å². The minimum atomic E-state index is 0.0569. The Bertz CT molecular complexity index is 1830. The molecule has 1 saturated carbocycles. The van der Waals surface area contributed by atoms with Crippen LogP contribution < -0.4 is 0 Å². The highest BCUT2D eigenvalue weighted by molar-refractivity contribution is 8.04.